The highest BCUT2D eigenvalue weighted by atomic mass is 16.5. The van der Waals surface area contributed by atoms with E-state index in [1.165, 1.54) is 0 Å². The van der Waals surface area contributed by atoms with Crippen LogP contribution in [-0.2, 0) is 4.74 Å². The maximum absolute atomic E-state index is 9.20. The zero-order chi connectivity index (χ0) is 13.0. The van der Waals surface area contributed by atoms with Gasteiger partial charge >= 0.3 is 0 Å². The number of nitrogens with zero attached hydrogens (tertiary/aromatic N) is 2. The number of aryl methyl sites for hydroxylation is 1. The Morgan fingerprint density at radius 1 is 1.39 bits per heavy atom. The highest BCUT2D eigenvalue weighted by Crippen LogP contribution is 2.23. The third kappa shape index (κ3) is 3.02. The van der Waals surface area contributed by atoms with Crippen molar-refractivity contribution >= 4 is 5.69 Å². The number of nitriles is 1. The minimum Gasteiger partial charge on any atom is -0.381 e. The smallest absolute Gasteiger partial charge is 0.101 e. The molecule has 0 amide bonds. The quantitative estimate of drug-likeness (QED) is 0.820. The predicted molar refractivity (Wildman–Crippen MR) is 72.7 cm³/mol. The average molecular weight is 244 g/mol. The second-order valence-electron chi connectivity index (χ2n) is 5.07. The molecule has 0 bridgehead atoms. The summed E-state index contributed by atoms with van der Waals surface area (Å²) in [6, 6.07) is 8.36. The first kappa shape index (κ1) is 12.9. The van der Waals surface area contributed by atoms with Crippen molar-refractivity contribution in [3.8, 4) is 6.07 Å². The van der Waals surface area contributed by atoms with E-state index in [1.54, 1.807) is 0 Å². The van der Waals surface area contributed by atoms with Gasteiger partial charge in [-0.25, -0.2) is 0 Å². The van der Waals surface area contributed by atoms with Crippen LogP contribution in [0, 0.1) is 24.2 Å². The molecule has 0 radical (unpaired) electrons. The van der Waals surface area contributed by atoms with Crippen LogP contribution in [0.2, 0.25) is 0 Å². The van der Waals surface area contributed by atoms with E-state index in [0.717, 1.165) is 49.4 Å². The third-order valence-corrected chi connectivity index (χ3v) is 3.56. The Bertz CT molecular complexity index is 444. The Hall–Kier alpha value is -1.53. The number of ether oxygens (including phenoxy) is 1. The van der Waals surface area contributed by atoms with E-state index in [2.05, 4.69) is 24.1 Å². The van der Waals surface area contributed by atoms with Crippen molar-refractivity contribution in [3.63, 3.8) is 0 Å². The van der Waals surface area contributed by atoms with E-state index in [9.17, 15) is 5.26 Å². The maximum atomic E-state index is 9.20. The number of hydrogen-bond donors (Lipinski definition) is 0. The molecule has 1 fully saturated rings. The van der Waals surface area contributed by atoms with Gasteiger partial charge in [-0.2, -0.15) is 5.26 Å². The molecule has 0 saturated carbocycles. The lowest BCUT2D eigenvalue weighted by atomic mass is 9.99. The van der Waals surface area contributed by atoms with Gasteiger partial charge < -0.3 is 9.64 Å². The fourth-order valence-corrected chi connectivity index (χ4v) is 2.49. The van der Waals surface area contributed by atoms with Crippen molar-refractivity contribution in [2.75, 3.05) is 31.7 Å². The SMILES string of the molecule is Cc1ccc(N(C)CC2CCOCC2)c(C#N)c1. The monoisotopic (exact) mass is 244 g/mol. The summed E-state index contributed by atoms with van der Waals surface area (Å²) in [6.45, 7) is 4.76. The number of rotatable bonds is 3. The molecule has 18 heavy (non-hydrogen) atoms. The zero-order valence-corrected chi connectivity index (χ0v) is 11.1. The maximum Gasteiger partial charge on any atom is 0.101 e. The van der Waals surface area contributed by atoms with Gasteiger partial charge in [0.05, 0.1) is 11.3 Å². The summed E-state index contributed by atoms with van der Waals surface area (Å²) in [5.41, 5.74) is 2.94. The molecule has 3 nitrogen and oxygen atoms in total. The standard InChI is InChI=1S/C15H20N2O/c1-12-3-4-15(14(9-12)10-16)17(2)11-13-5-7-18-8-6-13/h3-4,9,13H,5-8,11H2,1-2H3. The number of hydrogen-bond acceptors (Lipinski definition) is 3. The Balaban J connectivity index is 2.08. The van der Waals surface area contributed by atoms with Crippen LogP contribution in [0.15, 0.2) is 18.2 Å². The normalized spacial score (nSPS) is 16.3. The van der Waals surface area contributed by atoms with Crippen LogP contribution >= 0.6 is 0 Å². The summed E-state index contributed by atoms with van der Waals surface area (Å²) in [6.07, 6.45) is 2.25. The van der Waals surface area contributed by atoms with Crippen molar-refractivity contribution in [3.05, 3.63) is 29.3 Å². The third-order valence-electron chi connectivity index (χ3n) is 3.56. The highest BCUT2D eigenvalue weighted by Gasteiger charge is 2.17. The minimum absolute atomic E-state index is 0.677. The van der Waals surface area contributed by atoms with Crippen molar-refractivity contribution in [1.82, 2.24) is 0 Å². The first-order valence-corrected chi connectivity index (χ1v) is 6.50. The van der Waals surface area contributed by atoms with Gasteiger partial charge in [-0.3, -0.25) is 0 Å². The second-order valence-corrected chi connectivity index (χ2v) is 5.07. The van der Waals surface area contributed by atoms with Crippen LogP contribution in [0.3, 0.4) is 0 Å². The molecule has 1 aliphatic heterocycles. The molecule has 1 aromatic carbocycles. The van der Waals surface area contributed by atoms with Gasteiger partial charge in [0, 0.05) is 26.8 Å². The Morgan fingerprint density at radius 2 is 2.11 bits per heavy atom. The lowest BCUT2D eigenvalue weighted by Crippen LogP contribution is -2.29. The van der Waals surface area contributed by atoms with Gasteiger partial charge in [-0.15, -0.1) is 0 Å². The van der Waals surface area contributed by atoms with Crippen molar-refractivity contribution in [2.45, 2.75) is 19.8 Å². The topological polar surface area (TPSA) is 36.3 Å². The minimum atomic E-state index is 0.677. The van der Waals surface area contributed by atoms with Crippen LogP contribution in [0.4, 0.5) is 5.69 Å². The van der Waals surface area contributed by atoms with Gasteiger partial charge in [-0.1, -0.05) is 6.07 Å². The zero-order valence-electron chi connectivity index (χ0n) is 11.1. The summed E-state index contributed by atoms with van der Waals surface area (Å²) in [5.74, 6) is 0.677. The van der Waals surface area contributed by atoms with E-state index in [4.69, 9.17) is 4.74 Å². The van der Waals surface area contributed by atoms with Gasteiger partial charge in [0.15, 0.2) is 0 Å². The van der Waals surface area contributed by atoms with E-state index in [-0.39, 0.29) is 0 Å². The predicted octanol–water partition coefficient (Wildman–Crippen LogP) is 2.73. The number of anilines is 1. The molecule has 0 atom stereocenters. The Morgan fingerprint density at radius 3 is 2.78 bits per heavy atom. The summed E-state index contributed by atoms with van der Waals surface area (Å²) in [5, 5.41) is 9.20. The first-order chi connectivity index (χ1) is 8.70. The van der Waals surface area contributed by atoms with E-state index >= 15 is 0 Å². The lowest BCUT2D eigenvalue weighted by Gasteiger charge is -2.29. The van der Waals surface area contributed by atoms with Crippen LogP contribution < -0.4 is 4.90 Å². The summed E-state index contributed by atoms with van der Waals surface area (Å²) >= 11 is 0. The van der Waals surface area contributed by atoms with Gasteiger partial charge in [-0.05, 0) is 43.4 Å². The fraction of sp³-hybridized carbons (Fsp3) is 0.533. The molecule has 1 aliphatic rings. The largest absolute Gasteiger partial charge is 0.381 e. The van der Waals surface area contributed by atoms with Crippen LogP contribution in [0.5, 0.6) is 0 Å². The summed E-state index contributed by atoms with van der Waals surface area (Å²) < 4.78 is 5.38. The fourth-order valence-electron chi connectivity index (χ4n) is 2.49. The first-order valence-electron chi connectivity index (χ1n) is 6.50. The van der Waals surface area contributed by atoms with Crippen molar-refractivity contribution in [1.29, 1.82) is 5.26 Å². The van der Waals surface area contributed by atoms with Crippen molar-refractivity contribution in [2.24, 2.45) is 5.92 Å². The Labute approximate surface area is 109 Å². The second kappa shape index (κ2) is 5.88. The molecular formula is C15H20N2O. The van der Waals surface area contributed by atoms with Crippen LogP contribution in [0.25, 0.3) is 0 Å². The molecule has 1 heterocycles. The molecule has 2 rings (SSSR count). The average Bonchev–Trinajstić information content (AvgIpc) is 2.39. The van der Waals surface area contributed by atoms with Gasteiger partial charge in [0.25, 0.3) is 0 Å². The molecular weight excluding hydrogens is 224 g/mol. The van der Waals surface area contributed by atoms with E-state index < -0.39 is 0 Å². The molecule has 3 heteroatoms. The lowest BCUT2D eigenvalue weighted by molar-refractivity contribution is 0.0685. The van der Waals surface area contributed by atoms with Crippen LogP contribution in [-0.4, -0.2) is 26.8 Å². The molecule has 0 N–H and O–H groups in total. The molecule has 1 saturated heterocycles. The van der Waals surface area contributed by atoms with Gasteiger partial charge in [0.1, 0.15) is 6.07 Å². The summed E-state index contributed by atoms with van der Waals surface area (Å²) in [7, 11) is 2.07. The van der Waals surface area contributed by atoms with E-state index in [0.29, 0.717) is 5.92 Å². The molecule has 1 aromatic rings. The van der Waals surface area contributed by atoms with Crippen LogP contribution in [0.1, 0.15) is 24.0 Å². The highest BCUT2D eigenvalue weighted by molar-refractivity contribution is 5.60. The molecule has 0 aromatic heterocycles. The summed E-state index contributed by atoms with van der Waals surface area (Å²) in [4.78, 5) is 2.20. The Kier molecular flexibility index (Phi) is 4.22. The molecule has 0 unspecified atom stereocenters. The van der Waals surface area contributed by atoms with E-state index in [1.807, 2.05) is 19.1 Å². The van der Waals surface area contributed by atoms with Gasteiger partial charge in [0.2, 0.25) is 0 Å². The molecule has 0 aliphatic carbocycles. The number of benzene rings is 1. The molecule has 96 valence electrons. The van der Waals surface area contributed by atoms with Crippen molar-refractivity contribution < 1.29 is 4.74 Å². The molecule has 0 spiro atoms.